The lowest BCUT2D eigenvalue weighted by Crippen LogP contribution is -2.00. The fourth-order valence-corrected chi connectivity index (χ4v) is 9.24. The smallest absolute Gasteiger partial charge is 0.164 e. The Balaban J connectivity index is 1.04. The van der Waals surface area contributed by atoms with E-state index in [-0.39, 0.29) is 0 Å². The second-order valence-electron chi connectivity index (χ2n) is 14.0. The first-order chi connectivity index (χ1) is 27.2. The van der Waals surface area contributed by atoms with Crippen molar-refractivity contribution in [3.05, 3.63) is 188 Å². The van der Waals surface area contributed by atoms with Crippen LogP contribution < -0.4 is 0 Å². The van der Waals surface area contributed by atoms with Crippen LogP contribution in [0.4, 0.5) is 0 Å². The zero-order chi connectivity index (χ0) is 36.3. The fourth-order valence-electron chi connectivity index (χ4n) is 8.07. The molecule has 0 radical (unpaired) electrons. The summed E-state index contributed by atoms with van der Waals surface area (Å²) in [4.78, 5) is 15.1. The van der Waals surface area contributed by atoms with E-state index in [2.05, 4.69) is 164 Å². The van der Waals surface area contributed by atoms with Gasteiger partial charge in [-0.15, -0.1) is 11.3 Å². The minimum absolute atomic E-state index is 0.652. The van der Waals surface area contributed by atoms with Crippen LogP contribution >= 0.6 is 11.3 Å². The van der Waals surface area contributed by atoms with E-state index in [0.29, 0.717) is 17.5 Å². The van der Waals surface area contributed by atoms with Crippen LogP contribution in [0.25, 0.3) is 109 Å². The molecule has 0 saturated heterocycles. The van der Waals surface area contributed by atoms with Crippen LogP contribution in [0.5, 0.6) is 0 Å². The summed E-state index contributed by atoms with van der Waals surface area (Å²) in [5.74, 6) is 1.96. The summed E-state index contributed by atoms with van der Waals surface area (Å²) in [6, 6.07) is 66.9. The Kier molecular flexibility index (Phi) is 7.35. The molecule has 11 aromatic rings. The average Bonchev–Trinajstić information content (AvgIpc) is 3.65. The Hall–Kier alpha value is -7.01. The highest BCUT2D eigenvalue weighted by atomic mass is 32.1. The van der Waals surface area contributed by atoms with E-state index < -0.39 is 0 Å². The van der Waals surface area contributed by atoms with Crippen molar-refractivity contribution in [2.45, 2.75) is 0 Å². The van der Waals surface area contributed by atoms with Crippen molar-refractivity contribution in [2.24, 2.45) is 0 Å². The molecule has 0 unspecified atom stereocenters. The van der Waals surface area contributed by atoms with E-state index in [0.717, 1.165) is 22.3 Å². The molecule has 0 aliphatic rings. The van der Waals surface area contributed by atoms with Crippen molar-refractivity contribution in [3.8, 4) is 56.4 Å². The highest BCUT2D eigenvalue weighted by Crippen LogP contribution is 2.43. The molecular weight excluding hydrogens is 687 g/mol. The van der Waals surface area contributed by atoms with Crippen LogP contribution in [-0.4, -0.2) is 15.0 Å². The number of aromatic nitrogens is 3. The highest BCUT2D eigenvalue weighted by molar-refractivity contribution is 7.26. The monoisotopic (exact) mass is 717 g/mol. The second kappa shape index (κ2) is 12.8. The zero-order valence-corrected chi connectivity index (χ0v) is 30.5. The van der Waals surface area contributed by atoms with Gasteiger partial charge in [0, 0.05) is 36.9 Å². The second-order valence-corrected chi connectivity index (χ2v) is 15.0. The van der Waals surface area contributed by atoms with Gasteiger partial charge in [-0.2, -0.15) is 0 Å². The number of thiophene rings is 1. The molecule has 0 saturated carbocycles. The summed E-state index contributed by atoms with van der Waals surface area (Å²) in [6.07, 6.45) is 0. The molecule has 3 nitrogen and oxygen atoms in total. The Labute approximate surface area is 321 Å². The fraction of sp³-hybridized carbons (Fsp3) is 0. The van der Waals surface area contributed by atoms with Crippen molar-refractivity contribution in [1.29, 1.82) is 0 Å². The van der Waals surface area contributed by atoms with Crippen molar-refractivity contribution >= 4 is 63.8 Å². The predicted octanol–water partition coefficient (Wildman–Crippen LogP) is 14.0. The quantitative estimate of drug-likeness (QED) is 0.166. The van der Waals surface area contributed by atoms with Crippen LogP contribution in [0, 0.1) is 0 Å². The van der Waals surface area contributed by atoms with Gasteiger partial charge in [0.05, 0.1) is 0 Å². The molecule has 0 bridgehead atoms. The van der Waals surface area contributed by atoms with E-state index in [1.165, 1.54) is 69.2 Å². The topological polar surface area (TPSA) is 38.7 Å². The van der Waals surface area contributed by atoms with Gasteiger partial charge in [0.15, 0.2) is 17.5 Å². The lowest BCUT2D eigenvalue weighted by Gasteiger charge is -2.12. The lowest BCUT2D eigenvalue weighted by atomic mass is 9.91. The molecule has 256 valence electrons. The standard InChI is InChI=1S/C51H31N3S/c1-3-12-32(13-4-1)33-22-24-35(25-23-33)50-52-49(34-14-5-2-6-15-34)53-51(54-50)37-27-29-44-47(31-37)55-46-21-11-20-38(48(44)46)36-26-28-43-41-18-8-7-16-39(41)40-17-9-10-19-42(40)45(43)30-36/h1-31H. The highest BCUT2D eigenvalue weighted by Gasteiger charge is 2.17. The molecule has 2 aromatic heterocycles. The van der Waals surface area contributed by atoms with Gasteiger partial charge in [0.25, 0.3) is 0 Å². The van der Waals surface area contributed by atoms with Crippen molar-refractivity contribution < 1.29 is 0 Å². The van der Waals surface area contributed by atoms with Gasteiger partial charge in [-0.1, -0.05) is 170 Å². The zero-order valence-electron chi connectivity index (χ0n) is 29.6. The first-order valence-electron chi connectivity index (χ1n) is 18.5. The first-order valence-corrected chi connectivity index (χ1v) is 19.3. The molecule has 0 atom stereocenters. The molecule has 55 heavy (non-hydrogen) atoms. The number of nitrogens with zero attached hydrogens (tertiary/aromatic N) is 3. The van der Waals surface area contributed by atoms with Crippen molar-refractivity contribution in [1.82, 2.24) is 15.0 Å². The molecule has 2 heterocycles. The molecule has 9 aromatic carbocycles. The third-order valence-corrected chi connectivity index (χ3v) is 11.8. The summed E-state index contributed by atoms with van der Waals surface area (Å²) in [5, 5.41) is 10.2. The van der Waals surface area contributed by atoms with E-state index in [1.54, 1.807) is 0 Å². The maximum Gasteiger partial charge on any atom is 0.164 e. The maximum atomic E-state index is 5.09. The van der Waals surface area contributed by atoms with E-state index in [4.69, 9.17) is 15.0 Å². The van der Waals surface area contributed by atoms with Crippen LogP contribution in [-0.2, 0) is 0 Å². The van der Waals surface area contributed by atoms with Gasteiger partial charge in [-0.3, -0.25) is 0 Å². The van der Waals surface area contributed by atoms with Crippen LogP contribution in [0.3, 0.4) is 0 Å². The van der Waals surface area contributed by atoms with Crippen LogP contribution in [0.2, 0.25) is 0 Å². The summed E-state index contributed by atoms with van der Waals surface area (Å²) in [5.41, 5.74) is 7.66. The minimum atomic E-state index is 0.652. The van der Waals surface area contributed by atoms with E-state index in [9.17, 15) is 0 Å². The third kappa shape index (κ3) is 5.38. The Morgan fingerprint density at radius 1 is 0.273 bits per heavy atom. The van der Waals surface area contributed by atoms with Gasteiger partial charge in [0.2, 0.25) is 0 Å². The third-order valence-electron chi connectivity index (χ3n) is 10.7. The van der Waals surface area contributed by atoms with Gasteiger partial charge >= 0.3 is 0 Å². The number of rotatable bonds is 5. The molecule has 0 amide bonds. The SMILES string of the molecule is c1ccc(-c2ccc(-c3nc(-c4ccccc4)nc(-c4ccc5c(c4)sc4cccc(-c6ccc7c8ccccc8c8ccccc8c7c6)c45)n3)cc2)cc1. The largest absolute Gasteiger partial charge is 0.208 e. The van der Waals surface area contributed by atoms with Gasteiger partial charge in [0.1, 0.15) is 0 Å². The normalized spacial score (nSPS) is 11.6. The summed E-state index contributed by atoms with van der Waals surface area (Å²) >= 11 is 1.82. The summed E-state index contributed by atoms with van der Waals surface area (Å²) in [6.45, 7) is 0. The Bertz CT molecular complexity index is 3210. The molecule has 0 N–H and O–H groups in total. The molecule has 0 aliphatic heterocycles. The van der Waals surface area contributed by atoms with Crippen molar-refractivity contribution in [2.75, 3.05) is 0 Å². The minimum Gasteiger partial charge on any atom is -0.208 e. The summed E-state index contributed by atoms with van der Waals surface area (Å²) in [7, 11) is 0. The Morgan fingerprint density at radius 2 is 0.727 bits per heavy atom. The number of benzene rings is 9. The summed E-state index contributed by atoms with van der Waals surface area (Å²) < 4.78 is 2.46. The van der Waals surface area contributed by atoms with Gasteiger partial charge in [-0.25, -0.2) is 15.0 Å². The average molecular weight is 718 g/mol. The van der Waals surface area contributed by atoms with Crippen molar-refractivity contribution in [3.63, 3.8) is 0 Å². The van der Waals surface area contributed by atoms with Crippen LogP contribution in [0.1, 0.15) is 0 Å². The van der Waals surface area contributed by atoms with Crippen LogP contribution in [0.15, 0.2) is 188 Å². The first kappa shape index (κ1) is 31.5. The van der Waals surface area contributed by atoms with E-state index in [1.807, 2.05) is 35.6 Å². The molecule has 0 fully saturated rings. The predicted molar refractivity (Wildman–Crippen MR) is 232 cm³/mol. The molecular formula is C51H31N3S. The molecule has 0 spiro atoms. The number of hydrogen-bond donors (Lipinski definition) is 0. The number of hydrogen-bond acceptors (Lipinski definition) is 4. The Morgan fingerprint density at radius 3 is 1.38 bits per heavy atom. The number of fused-ring (bicyclic) bond motifs is 9. The molecule has 4 heteroatoms. The molecule has 0 aliphatic carbocycles. The van der Waals surface area contributed by atoms with Gasteiger partial charge in [-0.05, 0) is 72.8 Å². The maximum absolute atomic E-state index is 5.09. The molecule has 11 rings (SSSR count). The van der Waals surface area contributed by atoms with E-state index >= 15 is 0 Å². The lowest BCUT2D eigenvalue weighted by molar-refractivity contribution is 1.07. The van der Waals surface area contributed by atoms with Gasteiger partial charge < -0.3 is 0 Å².